The Hall–Kier alpha value is -2.17. The molecule has 0 fully saturated rings. The molecular formula is C27H29P. The molecule has 0 N–H and O–H groups in total. The van der Waals surface area contributed by atoms with E-state index in [4.69, 9.17) is 0 Å². The van der Waals surface area contributed by atoms with Crippen molar-refractivity contribution >= 4 is 24.1 Å². The molecule has 1 atom stereocenters. The zero-order valence-electron chi connectivity index (χ0n) is 16.7. The van der Waals surface area contributed by atoms with Crippen LogP contribution >= 0.6 is 7.92 Å². The minimum Gasteiger partial charge on any atom is -0.0732 e. The quantitative estimate of drug-likeness (QED) is 0.293. The van der Waals surface area contributed by atoms with Crippen molar-refractivity contribution in [2.24, 2.45) is 0 Å². The average molecular weight is 385 g/mol. The van der Waals surface area contributed by atoms with Gasteiger partial charge in [-0.05, 0) is 67.1 Å². The Bertz CT molecular complexity index is 872. The lowest BCUT2D eigenvalue weighted by atomic mass is 9.97. The molecule has 0 spiro atoms. The van der Waals surface area contributed by atoms with Gasteiger partial charge < -0.3 is 0 Å². The lowest BCUT2D eigenvalue weighted by Gasteiger charge is -2.18. The van der Waals surface area contributed by atoms with E-state index in [0.717, 1.165) is 0 Å². The van der Waals surface area contributed by atoms with Crippen molar-refractivity contribution in [1.29, 1.82) is 0 Å². The maximum atomic E-state index is 2.53. The first kappa shape index (κ1) is 19.2. The van der Waals surface area contributed by atoms with Gasteiger partial charge in [-0.2, -0.15) is 0 Å². The van der Waals surface area contributed by atoms with Crippen LogP contribution in [0.3, 0.4) is 0 Å². The third-order valence-corrected chi connectivity index (χ3v) is 8.37. The van der Waals surface area contributed by atoms with E-state index in [1.807, 2.05) is 0 Å². The Kier molecular flexibility index (Phi) is 6.40. The van der Waals surface area contributed by atoms with Crippen molar-refractivity contribution in [1.82, 2.24) is 0 Å². The summed E-state index contributed by atoms with van der Waals surface area (Å²) in [5.41, 5.74) is 4.62. The molecule has 0 heterocycles. The molecule has 0 amide bonds. The van der Waals surface area contributed by atoms with Crippen LogP contribution in [0.25, 0.3) is 5.57 Å². The molecule has 1 aliphatic rings. The first-order valence-electron chi connectivity index (χ1n) is 10.5. The fourth-order valence-corrected chi connectivity index (χ4v) is 6.72. The molecule has 142 valence electrons. The lowest BCUT2D eigenvalue weighted by molar-refractivity contribution is 0.813. The minimum absolute atomic E-state index is 0.259. The highest BCUT2D eigenvalue weighted by molar-refractivity contribution is 7.73. The summed E-state index contributed by atoms with van der Waals surface area (Å²) < 4.78 is 0. The Morgan fingerprint density at radius 1 is 0.714 bits per heavy atom. The number of rotatable bonds is 8. The van der Waals surface area contributed by atoms with Crippen molar-refractivity contribution in [2.75, 3.05) is 6.16 Å². The van der Waals surface area contributed by atoms with Crippen LogP contribution in [-0.4, -0.2) is 6.16 Å². The molecule has 0 saturated heterocycles. The van der Waals surface area contributed by atoms with Crippen molar-refractivity contribution in [3.8, 4) is 0 Å². The lowest BCUT2D eigenvalue weighted by Crippen LogP contribution is -2.13. The Balaban J connectivity index is 1.41. The summed E-state index contributed by atoms with van der Waals surface area (Å²) >= 11 is 0. The first-order chi connectivity index (χ1) is 13.9. The van der Waals surface area contributed by atoms with Gasteiger partial charge in [-0.25, -0.2) is 0 Å². The molecule has 1 heteroatoms. The Morgan fingerprint density at radius 2 is 1.32 bits per heavy atom. The van der Waals surface area contributed by atoms with Crippen molar-refractivity contribution < 1.29 is 0 Å². The topological polar surface area (TPSA) is 0 Å². The van der Waals surface area contributed by atoms with Gasteiger partial charge in [0.15, 0.2) is 0 Å². The van der Waals surface area contributed by atoms with Crippen LogP contribution < -0.4 is 10.6 Å². The maximum Gasteiger partial charge on any atom is 0.00274 e. The number of fused-ring (bicyclic) bond motifs is 1. The van der Waals surface area contributed by atoms with Crippen LogP contribution in [0.4, 0.5) is 0 Å². The first-order valence-corrected chi connectivity index (χ1v) is 12.1. The molecule has 1 aliphatic carbocycles. The van der Waals surface area contributed by atoms with Crippen LogP contribution in [-0.2, 0) is 0 Å². The predicted molar refractivity (Wildman–Crippen MR) is 125 cm³/mol. The van der Waals surface area contributed by atoms with Crippen molar-refractivity contribution in [3.63, 3.8) is 0 Å². The summed E-state index contributed by atoms with van der Waals surface area (Å²) in [6.07, 6.45) is 8.77. The van der Waals surface area contributed by atoms with Gasteiger partial charge in [0.05, 0.1) is 0 Å². The SMILES string of the molecule is CCC1C=C(CCCCP(c2ccccc2)c2ccccc2)c2ccccc21. The highest BCUT2D eigenvalue weighted by Crippen LogP contribution is 2.40. The molecule has 1 unspecified atom stereocenters. The molecular weight excluding hydrogens is 355 g/mol. The maximum absolute atomic E-state index is 2.53. The van der Waals surface area contributed by atoms with Crippen molar-refractivity contribution in [3.05, 3.63) is 102 Å². The number of hydrogen-bond donors (Lipinski definition) is 0. The third kappa shape index (κ3) is 4.29. The molecule has 0 radical (unpaired) electrons. The zero-order valence-corrected chi connectivity index (χ0v) is 17.6. The molecule has 3 aromatic rings. The number of allylic oxidation sites excluding steroid dienone is 2. The summed E-state index contributed by atoms with van der Waals surface area (Å²) in [4.78, 5) is 0. The van der Waals surface area contributed by atoms with Gasteiger partial charge in [-0.15, -0.1) is 0 Å². The molecule has 3 aromatic carbocycles. The van der Waals surface area contributed by atoms with Crippen molar-refractivity contribution in [2.45, 2.75) is 38.5 Å². The molecule has 0 nitrogen and oxygen atoms in total. The van der Waals surface area contributed by atoms with Crippen LogP contribution in [0, 0.1) is 0 Å². The normalized spacial score (nSPS) is 15.5. The van der Waals surface area contributed by atoms with Crippen LogP contribution in [0.5, 0.6) is 0 Å². The van der Waals surface area contributed by atoms with E-state index < -0.39 is 0 Å². The van der Waals surface area contributed by atoms with E-state index in [0.29, 0.717) is 5.92 Å². The van der Waals surface area contributed by atoms with Gasteiger partial charge in [-0.3, -0.25) is 0 Å². The average Bonchev–Trinajstić information content (AvgIpc) is 3.13. The Morgan fingerprint density at radius 3 is 1.96 bits per heavy atom. The van der Waals surface area contributed by atoms with E-state index in [9.17, 15) is 0 Å². The fourth-order valence-electron chi connectivity index (χ4n) is 4.30. The van der Waals surface area contributed by atoms with E-state index in [1.54, 1.807) is 5.57 Å². The van der Waals surface area contributed by atoms with Gasteiger partial charge in [0.25, 0.3) is 0 Å². The summed E-state index contributed by atoms with van der Waals surface area (Å²) in [5.74, 6) is 0.622. The van der Waals surface area contributed by atoms with Gasteiger partial charge in [0.2, 0.25) is 0 Å². The second-order valence-corrected chi connectivity index (χ2v) is 9.91. The molecule has 4 rings (SSSR count). The second-order valence-electron chi connectivity index (χ2n) is 7.57. The van der Waals surface area contributed by atoms with Gasteiger partial charge >= 0.3 is 0 Å². The molecule has 0 bridgehead atoms. The highest BCUT2D eigenvalue weighted by Gasteiger charge is 2.21. The smallest absolute Gasteiger partial charge is 0.00274 e. The standard InChI is InChI=1S/C27H29P/c1-2-22-21-23(27-19-10-9-18-26(22)27)13-11-12-20-28(24-14-5-3-6-15-24)25-16-7-4-8-17-25/h3-10,14-19,21-22H,2,11-13,20H2,1H3. The third-order valence-electron chi connectivity index (χ3n) is 5.76. The zero-order chi connectivity index (χ0) is 19.2. The predicted octanol–water partition coefficient (Wildman–Crippen LogP) is 6.88. The van der Waals surface area contributed by atoms with Crippen LogP contribution in [0.15, 0.2) is 91.0 Å². The molecule has 0 aliphatic heterocycles. The fraction of sp³-hybridized carbons (Fsp3) is 0.259. The van der Waals surface area contributed by atoms with Gasteiger partial charge in [-0.1, -0.05) is 97.9 Å². The summed E-state index contributed by atoms with van der Waals surface area (Å²) in [7, 11) is -0.259. The summed E-state index contributed by atoms with van der Waals surface area (Å²) in [5, 5.41) is 3.00. The highest BCUT2D eigenvalue weighted by atomic mass is 31.1. The van der Waals surface area contributed by atoms with Crippen LogP contribution in [0.2, 0.25) is 0 Å². The monoisotopic (exact) mass is 384 g/mol. The summed E-state index contributed by atoms with van der Waals surface area (Å²) in [6, 6.07) is 31.2. The van der Waals surface area contributed by atoms with E-state index in [1.165, 1.54) is 53.6 Å². The Labute approximate surface area is 171 Å². The van der Waals surface area contributed by atoms with E-state index >= 15 is 0 Å². The minimum atomic E-state index is -0.259. The molecule has 28 heavy (non-hydrogen) atoms. The van der Waals surface area contributed by atoms with Crippen LogP contribution in [0.1, 0.15) is 49.7 Å². The molecule has 0 aromatic heterocycles. The number of benzene rings is 3. The largest absolute Gasteiger partial charge is 0.0732 e. The van der Waals surface area contributed by atoms with Gasteiger partial charge in [0, 0.05) is 5.92 Å². The number of unbranched alkanes of at least 4 members (excludes halogenated alkanes) is 1. The number of hydrogen-bond acceptors (Lipinski definition) is 0. The van der Waals surface area contributed by atoms with E-state index in [2.05, 4.69) is 97.9 Å². The second kappa shape index (κ2) is 9.35. The summed E-state index contributed by atoms with van der Waals surface area (Å²) in [6.45, 7) is 2.30. The van der Waals surface area contributed by atoms with E-state index in [-0.39, 0.29) is 7.92 Å². The van der Waals surface area contributed by atoms with Gasteiger partial charge in [0.1, 0.15) is 0 Å². The molecule has 0 saturated carbocycles.